The molecule has 0 N–H and O–H groups in total. The summed E-state index contributed by atoms with van der Waals surface area (Å²) in [5.41, 5.74) is 2.82. The van der Waals surface area contributed by atoms with E-state index in [1.807, 2.05) is 29.2 Å². The van der Waals surface area contributed by atoms with Crippen molar-refractivity contribution in [1.29, 1.82) is 0 Å². The van der Waals surface area contributed by atoms with Crippen molar-refractivity contribution in [2.45, 2.75) is 52.5 Å². The average molecular weight is 386 g/mol. The lowest BCUT2D eigenvalue weighted by atomic mass is 9.91. The van der Waals surface area contributed by atoms with Gasteiger partial charge in [-0.3, -0.25) is 4.79 Å². The van der Waals surface area contributed by atoms with Crippen molar-refractivity contribution in [3.63, 3.8) is 0 Å². The van der Waals surface area contributed by atoms with Crippen LogP contribution in [0.1, 0.15) is 55.7 Å². The Morgan fingerprint density at radius 1 is 1.07 bits per heavy atom. The van der Waals surface area contributed by atoms with Gasteiger partial charge in [0, 0.05) is 30.2 Å². The average Bonchev–Trinajstić information content (AvgIpc) is 2.82. The van der Waals surface area contributed by atoms with Crippen molar-refractivity contribution in [1.82, 2.24) is 14.5 Å². The zero-order valence-corrected chi connectivity index (χ0v) is 17.0. The fourth-order valence-corrected chi connectivity index (χ4v) is 4.81. The SMILES string of the molecule is CC1CC(C)CN(C(=O)c2nc(-c3ccc(Cl)cc3)n3c2CCCCC3)C1. The number of piperidine rings is 1. The zero-order chi connectivity index (χ0) is 19.0. The highest BCUT2D eigenvalue weighted by Crippen LogP contribution is 2.30. The summed E-state index contributed by atoms with van der Waals surface area (Å²) in [6, 6.07) is 7.79. The lowest BCUT2D eigenvalue weighted by molar-refractivity contribution is 0.0616. The van der Waals surface area contributed by atoms with Crippen LogP contribution >= 0.6 is 11.6 Å². The van der Waals surface area contributed by atoms with E-state index in [1.165, 1.54) is 12.8 Å². The summed E-state index contributed by atoms with van der Waals surface area (Å²) < 4.78 is 2.28. The van der Waals surface area contributed by atoms with Crippen LogP contribution in [0.3, 0.4) is 0 Å². The van der Waals surface area contributed by atoms with E-state index in [0.29, 0.717) is 22.6 Å². The number of hydrogen-bond donors (Lipinski definition) is 0. The first-order valence-corrected chi connectivity index (χ1v) is 10.6. The molecular formula is C22H28ClN3O. The Morgan fingerprint density at radius 2 is 1.78 bits per heavy atom. The van der Waals surface area contributed by atoms with Gasteiger partial charge in [-0.25, -0.2) is 4.98 Å². The van der Waals surface area contributed by atoms with E-state index in [1.54, 1.807) is 0 Å². The minimum absolute atomic E-state index is 0.110. The maximum Gasteiger partial charge on any atom is 0.274 e. The van der Waals surface area contributed by atoms with Gasteiger partial charge < -0.3 is 9.47 Å². The summed E-state index contributed by atoms with van der Waals surface area (Å²) in [5, 5.41) is 0.717. The van der Waals surface area contributed by atoms with Gasteiger partial charge in [0.05, 0.1) is 5.69 Å². The van der Waals surface area contributed by atoms with Gasteiger partial charge in [0.15, 0.2) is 0 Å². The van der Waals surface area contributed by atoms with Crippen LogP contribution in [0.2, 0.25) is 5.02 Å². The third kappa shape index (κ3) is 3.77. The predicted octanol–water partition coefficient (Wildman–Crippen LogP) is 5.05. The number of amides is 1. The molecule has 1 aromatic carbocycles. The molecule has 2 unspecified atom stereocenters. The second-order valence-electron chi connectivity index (χ2n) is 8.36. The van der Waals surface area contributed by atoms with Crippen molar-refractivity contribution in [2.75, 3.05) is 13.1 Å². The van der Waals surface area contributed by atoms with E-state index < -0.39 is 0 Å². The number of imidazole rings is 1. The molecule has 0 aliphatic carbocycles. The van der Waals surface area contributed by atoms with Crippen molar-refractivity contribution in [3.8, 4) is 11.4 Å². The number of hydrogen-bond acceptors (Lipinski definition) is 2. The Morgan fingerprint density at radius 3 is 2.48 bits per heavy atom. The highest BCUT2D eigenvalue weighted by molar-refractivity contribution is 6.30. The fraction of sp³-hybridized carbons (Fsp3) is 0.545. The molecule has 2 aromatic rings. The van der Waals surface area contributed by atoms with Crippen LogP contribution < -0.4 is 0 Å². The Balaban J connectivity index is 1.74. The van der Waals surface area contributed by atoms with Gasteiger partial charge in [-0.1, -0.05) is 31.9 Å². The standard InChI is InChI=1S/C22H28ClN3O/c1-15-12-16(2)14-25(13-15)22(27)20-19-6-4-3-5-11-26(19)21(24-20)17-7-9-18(23)10-8-17/h7-10,15-16H,3-6,11-14H2,1-2H3. The molecule has 2 aliphatic rings. The van der Waals surface area contributed by atoms with Crippen LogP contribution in [0.25, 0.3) is 11.4 Å². The molecule has 4 rings (SSSR count). The number of likely N-dealkylation sites (tertiary alicyclic amines) is 1. The van der Waals surface area contributed by atoms with E-state index in [-0.39, 0.29) is 5.91 Å². The van der Waals surface area contributed by atoms with Gasteiger partial charge >= 0.3 is 0 Å². The highest BCUT2D eigenvalue weighted by atomic mass is 35.5. The van der Waals surface area contributed by atoms with Crippen LogP contribution in [-0.4, -0.2) is 33.4 Å². The molecule has 0 radical (unpaired) electrons. The number of carbonyl (C=O) groups excluding carboxylic acids is 1. The molecular weight excluding hydrogens is 358 g/mol. The first-order valence-electron chi connectivity index (χ1n) is 10.2. The number of fused-ring (bicyclic) bond motifs is 1. The van der Waals surface area contributed by atoms with Gasteiger partial charge in [-0.2, -0.15) is 0 Å². The number of carbonyl (C=O) groups is 1. The van der Waals surface area contributed by atoms with E-state index in [0.717, 1.165) is 56.0 Å². The van der Waals surface area contributed by atoms with E-state index in [4.69, 9.17) is 16.6 Å². The smallest absolute Gasteiger partial charge is 0.274 e. The lowest BCUT2D eigenvalue weighted by Crippen LogP contribution is -2.43. The van der Waals surface area contributed by atoms with Crippen molar-refractivity contribution in [3.05, 3.63) is 40.7 Å². The molecule has 3 heterocycles. The third-order valence-corrected chi connectivity index (χ3v) is 6.08. The first-order chi connectivity index (χ1) is 13.0. The molecule has 144 valence electrons. The second kappa shape index (κ2) is 7.67. The molecule has 4 nitrogen and oxygen atoms in total. The van der Waals surface area contributed by atoms with E-state index in [9.17, 15) is 4.79 Å². The summed E-state index contributed by atoms with van der Waals surface area (Å²) in [7, 11) is 0. The number of aromatic nitrogens is 2. The van der Waals surface area contributed by atoms with Gasteiger partial charge in [-0.05, 0) is 61.8 Å². The normalized spacial score (nSPS) is 23.0. The van der Waals surface area contributed by atoms with Crippen LogP contribution in [0, 0.1) is 11.8 Å². The summed E-state index contributed by atoms with van der Waals surface area (Å²) in [6.07, 6.45) is 5.59. The summed E-state index contributed by atoms with van der Waals surface area (Å²) in [4.78, 5) is 20.3. The maximum absolute atomic E-state index is 13.4. The van der Waals surface area contributed by atoms with Crippen LogP contribution in [0.4, 0.5) is 0 Å². The molecule has 1 amide bonds. The molecule has 5 heteroatoms. The molecule has 1 aromatic heterocycles. The van der Waals surface area contributed by atoms with Crippen molar-refractivity contribution >= 4 is 17.5 Å². The van der Waals surface area contributed by atoms with Crippen molar-refractivity contribution in [2.24, 2.45) is 11.8 Å². The molecule has 27 heavy (non-hydrogen) atoms. The van der Waals surface area contributed by atoms with Crippen LogP contribution in [0.15, 0.2) is 24.3 Å². The topological polar surface area (TPSA) is 38.1 Å². The lowest BCUT2D eigenvalue weighted by Gasteiger charge is -2.34. The number of halogens is 1. The molecule has 0 saturated carbocycles. The minimum atomic E-state index is 0.110. The minimum Gasteiger partial charge on any atom is -0.337 e. The Kier molecular flexibility index (Phi) is 5.27. The van der Waals surface area contributed by atoms with Crippen LogP contribution in [-0.2, 0) is 13.0 Å². The number of nitrogens with zero attached hydrogens (tertiary/aromatic N) is 3. The second-order valence-corrected chi connectivity index (χ2v) is 8.79. The van der Waals surface area contributed by atoms with Crippen LogP contribution in [0.5, 0.6) is 0 Å². The zero-order valence-electron chi connectivity index (χ0n) is 16.2. The Labute approximate surface area is 166 Å². The van der Waals surface area contributed by atoms with Crippen molar-refractivity contribution < 1.29 is 4.79 Å². The first kappa shape index (κ1) is 18.5. The van der Waals surface area contributed by atoms with E-state index >= 15 is 0 Å². The highest BCUT2D eigenvalue weighted by Gasteiger charge is 2.31. The van der Waals surface area contributed by atoms with Gasteiger partial charge in [0.25, 0.3) is 5.91 Å². The summed E-state index contributed by atoms with van der Waals surface area (Å²) in [5.74, 6) is 2.12. The van der Waals surface area contributed by atoms with Gasteiger partial charge in [-0.15, -0.1) is 0 Å². The maximum atomic E-state index is 13.4. The molecule has 0 spiro atoms. The van der Waals surface area contributed by atoms with Gasteiger partial charge in [0.1, 0.15) is 11.5 Å². The molecule has 1 saturated heterocycles. The Hall–Kier alpha value is -1.81. The number of rotatable bonds is 2. The molecule has 2 atom stereocenters. The monoisotopic (exact) mass is 385 g/mol. The quantitative estimate of drug-likeness (QED) is 0.725. The summed E-state index contributed by atoms with van der Waals surface area (Å²) in [6.45, 7) is 7.09. The number of benzene rings is 1. The Bertz CT molecular complexity index is 817. The summed E-state index contributed by atoms with van der Waals surface area (Å²) >= 11 is 6.07. The molecule has 0 bridgehead atoms. The fourth-order valence-electron chi connectivity index (χ4n) is 4.69. The predicted molar refractivity (Wildman–Crippen MR) is 109 cm³/mol. The van der Waals surface area contributed by atoms with E-state index in [2.05, 4.69) is 18.4 Å². The molecule has 2 aliphatic heterocycles. The third-order valence-electron chi connectivity index (χ3n) is 5.83. The largest absolute Gasteiger partial charge is 0.337 e. The molecule has 1 fully saturated rings. The van der Waals surface area contributed by atoms with Gasteiger partial charge in [0.2, 0.25) is 0 Å².